The number of aromatic amines is 1. The maximum Gasteiger partial charge on any atom is 0.265 e. The first kappa shape index (κ1) is 24.7. The molecule has 0 saturated carbocycles. The summed E-state index contributed by atoms with van der Waals surface area (Å²) < 4.78 is 28.0. The number of nitrogens with one attached hydrogen (secondary N) is 2. The summed E-state index contributed by atoms with van der Waals surface area (Å²) in [7, 11) is 1.53. The fraction of sp³-hybridized carbons (Fsp3) is 0.250. The van der Waals surface area contributed by atoms with Crippen molar-refractivity contribution in [3.8, 4) is 5.69 Å². The molecule has 35 heavy (non-hydrogen) atoms. The fourth-order valence-corrected chi connectivity index (χ4v) is 4.63. The molecular weight excluding hydrogens is 498 g/mol. The van der Waals surface area contributed by atoms with Gasteiger partial charge in [-0.1, -0.05) is 11.6 Å². The van der Waals surface area contributed by atoms with Gasteiger partial charge in [-0.15, -0.1) is 0 Å². The van der Waals surface area contributed by atoms with E-state index in [1.807, 2.05) is 0 Å². The van der Waals surface area contributed by atoms with Gasteiger partial charge in [0, 0.05) is 46.1 Å². The molecule has 1 atom stereocenters. The van der Waals surface area contributed by atoms with E-state index in [4.69, 9.17) is 23.8 Å². The number of rotatable bonds is 4. The molecule has 11 heteroatoms. The van der Waals surface area contributed by atoms with Crippen molar-refractivity contribution >= 4 is 35.6 Å². The predicted octanol–water partition coefficient (Wildman–Crippen LogP) is 4.43. The molecule has 0 bridgehead atoms. The van der Waals surface area contributed by atoms with Gasteiger partial charge in [0.15, 0.2) is 4.77 Å². The van der Waals surface area contributed by atoms with E-state index in [9.17, 15) is 23.2 Å². The Morgan fingerprint density at radius 1 is 1.17 bits per heavy atom. The number of amides is 2. The highest BCUT2D eigenvalue weighted by molar-refractivity contribution is 7.71. The highest BCUT2D eigenvalue weighted by Crippen LogP contribution is 2.29. The van der Waals surface area contributed by atoms with Gasteiger partial charge in [0.2, 0.25) is 0 Å². The van der Waals surface area contributed by atoms with Gasteiger partial charge in [-0.3, -0.25) is 19.0 Å². The van der Waals surface area contributed by atoms with Crippen LogP contribution in [0.2, 0.25) is 5.02 Å². The van der Waals surface area contributed by atoms with Gasteiger partial charge >= 0.3 is 0 Å². The van der Waals surface area contributed by atoms with Gasteiger partial charge < -0.3 is 15.2 Å². The molecule has 2 amide bonds. The van der Waals surface area contributed by atoms with Crippen LogP contribution in [0.4, 0.5) is 8.78 Å². The minimum atomic E-state index is -2.81. The first-order valence-electron chi connectivity index (χ1n) is 10.7. The predicted molar refractivity (Wildman–Crippen MR) is 130 cm³/mol. The van der Waals surface area contributed by atoms with Crippen LogP contribution in [0.5, 0.6) is 0 Å². The summed E-state index contributed by atoms with van der Waals surface area (Å²) >= 11 is 11.3. The highest BCUT2D eigenvalue weighted by atomic mass is 35.5. The first-order chi connectivity index (χ1) is 16.6. The molecule has 4 rings (SSSR count). The number of nitrogens with zero attached hydrogens (tertiary/aromatic N) is 2. The molecule has 2 N–H and O–H groups in total. The largest absolute Gasteiger partial charge is 0.355 e. The van der Waals surface area contributed by atoms with Crippen molar-refractivity contribution in [3.05, 3.63) is 90.6 Å². The number of aromatic nitrogens is 2. The zero-order valence-corrected chi connectivity index (χ0v) is 20.3. The average Bonchev–Trinajstić information content (AvgIpc) is 2.84. The van der Waals surface area contributed by atoms with Gasteiger partial charge in [0.25, 0.3) is 23.8 Å². The number of H-pyrrole nitrogens is 1. The Morgan fingerprint density at radius 3 is 2.46 bits per heavy atom. The summed E-state index contributed by atoms with van der Waals surface area (Å²) in [5.41, 5.74) is 1.27. The van der Waals surface area contributed by atoms with Crippen LogP contribution in [0, 0.1) is 4.77 Å². The minimum Gasteiger partial charge on any atom is -0.355 e. The molecule has 2 heterocycles. The van der Waals surface area contributed by atoms with Crippen molar-refractivity contribution in [1.29, 1.82) is 0 Å². The molecule has 0 unspecified atom stereocenters. The van der Waals surface area contributed by atoms with Crippen molar-refractivity contribution in [2.45, 2.75) is 32.4 Å². The van der Waals surface area contributed by atoms with Crippen molar-refractivity contribution in [2.75, 3.05) is 7.05 Å². The molecule has 1 aliphatic heterocycles. The van der Waals surface area contributed by atoms with Crippen molar-refractivity contribution in [1.82, 2.24) is 19.8 Å². The fourth-order valence-electron chi connectivity index (χ4n) is 4.12. The molecule has 0 fully saturated rings. The number of halogens is 3. The SMILES string of the molecule is CNC(=O)c1ccc(-n2c(=S)[nH]c3c(c2=O)C[C@@H](C)N(C(=O)c2ccc(Cl)c(C(F)F)c2)C3)cc1. The van der Waals surface area contributed by atoms with E-state index in [0.29, 0.717) is 22.5 Å². The maximum absolute atomic E-state index is 13.4. The van der Waals surface area contributed by atoms with Crippen molar-refractivity contribution in [3.63, 3.8) is 0 Å². The van der Waals surface area contributed by atoms with Gasteiger partial charge in [-0.05, 0) is 68.0 Å². The lowest BCUT2D eigenvalue weighted by atomic mass is 9.98. The summed E-state index contributed by atoms with van der Waals surface area (Å²) in [5, 5.41) is 2.43. The zero-order chi connectivity index (χ0) is 25.4. The molecule has 3 aromatic rings. The van der Waals surface area contributed by atoms with E-state index in [0.717, 1.165) is 6.07 Å². The summed E-state index contributed by atoms with van der Waals surface area (Å²) in [6, 6.07) is 9.86. The molecular formula is C24H21ClF2N4O3S. The Kier molecular flexibility index (Phi) is 6.86. The molecule has 7 nitrogen and oxygen atoms in total. The second-order valence-electron chi connectivity index (χ2n) is 8.18. The standard InChI is InChI=1S/C24H21ClF2N4O3S/c1-12-9-17-19(11-30(12)22(33)14-5-8-18(25)16(10-14)20(26)27)29-24(35)31(23(17)34)15-6-3-13(4-7-15)21(32)28-2/h3-8,10,12,20H,9,11H2,1-2H3,(H,28,32)(H,29,35)/t12-/m1/s1. The Morgan fingerprint density at radius 2 is 1.83 bits per heavy atom. The molecule has 1 aliphatic rings. The monoisotopic (exact) mass is 518 g/mol. The van der Waals surface area contributed by atoms with Gasteiger partial charge in [-0.25, -0.2) is 8.78 Å². The molecule has 2 aromatic carbocycles. The van der Waals surface area contributed by atoms with Crippen LogP contribution in [0.1, 0.15) is 50.9 Å². The molecule has 0 spiro atoms. The van der Waals surface area contributed by atoms with Crippen LogP contribution in [-0.4, -0.2) is 39.4 Å². The van der Waals surface area contributed by atoms with Crippen molar-refractivity contribution < 1.29 is 18.4 Å². The van der Waals surface area contributed by atoms with E-state index in [2.05, 4.69) is 10.3 Å². The Labute approximate surface area is 209 Å². The summed E-state index contributed by atoms with van der Waals surface area (Å²) in [6.07, 6.45) is -2.56. The van der Waals surface area contributed by atoms with E-state index in [1.54, 1.807) is 31.2 Å². The number of benzene rings is 2. The minimum absolute atomic E-state index is 0.0668. The Balaban J connectivity index is 1.68. The van der Waals surface area contributed by atoms with Crippen LogP contribution in [-0.2, 0) is 13.0 Å². The van der Waals surface area contributed by atoms with Gasteiger partial charge in [0.05, 0.1) is 12.2 Å². The number of carbonyl (C=O) groups excluding carboxylic acids is 2. The normalized spacial score (nSPS) is 15.1. The smallest absolute Gasteiger partial charge is 0.265 e. The second kappa shape index (κ2) is 9.71. The number of hydrogen-bond donors (Lipinski definition) is 2. The maximum atomic E-state index is 13.4. The zero-order valence-electron chi connectivity index (χ0n) is 18.8. The summed E-state index contributed by atoms with van der Waals surface area (Å²) in [6.45, 7) is 1.85. The lowest BCUT2D eigenvalue weighted by Gasteiger charge is -2.34. The van der Waals surface area contributed by atoms with E-state index in [1.165, 1.54) is 28.6 Å². The third-order valence-corrected chi connectivity index (χ3v) is 6.63. The van der Waals surface area contributed by atoms with Gasteiger partial charge in [0.1, 0.15) is 0 Å². The topological polar surface area (TPSA) is 87.2 Å². The summed E-state index contributed by atoms with van der Waals surface area (Å²) in [5.74, 6) is -0.700. The highest BCUT2D eigenvalue weighted by Gasteiger charge is 2.31. The molecule has 0 saturated heterocycles. The number of alkyl halides is 2. The van der Waals surface area contributed by atoms with Crippen LogP contribution in [0.15, 0.2) is 47.3 Å². The third kappa shape index (κ3) is 4.63. The van der Waals surface area contributed by atoms with Crippen LogP contribution in [0.3, 0.4) is 0 Å². The van der Waals surface area contributed by atoms with E-state index < -0.39 is 17.9 Å². The molecule has 1 aromatic heterocycles. The lowest BCUT2D eigenvalue weighted by Crippen LogP contribution is -2.45. The van der Waals surface area contributed by atoms with Crippen LogP contribution >= 0.6 is 23.8 Å². The van der Waals surface area contributed by atoms with E-state index >= 15 is 0 Å². The second-order valence-corrected chi connectivity index (χ2v) is 8.97. The summed E-state index contributed by atoms with van der Waals surface area (Å²) in [4.78, 5) is 42.9. The van der Waals surface area contributed by atoms with E-state index in [-0.39, 0.29) is 45.8 Å². The Bertz CT molecular complexity index is 1440. The lowest BCUT2D eigenvalue weighted by molar-refractivity contribution is 0.0652. The van der Waals surface area contributed by atoms with Crippen LogP contribution in [0.25, 0.3) is 5.69 Å². The molecule has 0 radical (unpaired) electrons. The number of hydrogen-bond acceptors (Lipinski definition) is 4. The Hall–Kier alpha value is -3.37. The van der Waals surface area contributed by atoms with Gasteiger partial charge in [-0.2, -0.15) is 0 Å². The quantitative estimate of drug-likeness (QED) is 0.500. The number of fused-ring (bicyclic) bond motifs is 1. The average molecular weight is 519 g/mol. The molecule has 182 valence electrons. The van der Waals surface area contributed by atoms with Crippen molar-refractivity contribution in [2.24, 2.45) is 0 Å². The third-order valence-electron chi connectivity index (χ3n) is 6.00. The molecule has 0 aliphatic carbocycles. The first-order valence-corrected chi connectivity index (χ1v) is 11.5. The number of carbonyl (C=O) groups is 2. The van der Waals surface area contributed by atoms with Crippen LogP contribution < -0.4 is 10.9 Å².